The maximum atomic E-state index is 13.1. The number of rotatable bonds is 8. The van der Waals surface area contributed by atoms with Crippen molar-refractivity contribution in [3.8, 4) is 0 Å². The number of benzene rings is 1. The van der Waals surface area contributed by atoms with Gasteiger partial charge in [-0.25, -0.2) is 8.42 Å². The molecule has 2 heterocycles. The van der Waals surface area contributed by atoms with Gasteiger partial charge in [-0.3, -0.25) is 14.5 Å². The van der Waals surface area contributed by atoms with Gasteiger partial charge in [0, 0.05) is 39.3 Å². The molecule has 0 radical (unpaired) electrons. The van der Waals surface area contributed by atoms with E-state index >= 15 is 0 Å². The molecule has 2 amide bonds. The third-order valence-electron chi connectivity index (χ3n) is 5.94. The number of sulfonamides is 1. The lowest BCUT2D eigenvalue weighted by atomic mass is 10.0. The topological polar surface area (TPSA) is 90.0 Å². The van der Waals surface area contributed by atoms with Crippen LogP contribution in [0.3, 0.4) is 0 Å². The highest BCUT2D eigenvalue weighted by atomic mass is 32.2. The molecule has 9 heteroatoms. The molecular formula is C22H34N4O4S. The highest BCUT2D eigenvalue weighted by Crippen LogP contribution is 2.23. The third kappa shape index (κ3) is 6.51. The molecule has 1 unspecified atom stereocenters. The van der Waals surface area contributed by atoms with Crippen molar-refractivity contribution in [1.82, 2.24) is 19.4 Å². The summed E-state index contributed by atoms with van der Waals surface area (Å²) in [7, 11) is -3.40. The van der Waals surface area contributed by atoms with Gasteiger partial charge in [0.15, 0.2) is 0 Å². The van der Waals surface area contributed by atoms with E-state index in [9.17, 15) is 18.0 Å². The lowest BCUT2D eigenvalue weighted by molar-refractivity contribution is -0.138. The van der Waals surface area contributed by atoms with E-state index < -0.39 is 16.1 Å². The summed E-state index contributed by atoms with van der Waals surface area (Å²) in [5.74, 6) is -0.0388. The molecule has 31 heavy (non-hydrogen) atoms. The Hall–Kier alpha value is -1.97. The molecule has 172 valence electrons. The van der Waals surface area contributed by atoms with Gasteiger partial charge in [0.1, 0.15) is 6.04 Å². The highest BCUT2D eigenvalue weighted by molar-refractivity contribution is 7.89. The summed E-state index contributed by atoms with van der Waals surface area (Å²) in [6, 6.07) is 9.20. The van der Waals surface area contributed by atoms with Crippen LogP contribution in [-0.4, -0.2) is 85.4 Å². The second kappa shape index (κ2) is 11.1. The Morgan fingerprint density at radius 2 is 1.74 bits per heavy atom. The Labute approximate surface area is 185 Å². The minimum atomic E-state index is -3.40. The van der Waals surface area contributed by atoms with Crippen LogP contribution >= 0.6 is 0 Å². The van der Waals surface area contributed by atoms with Crippen LogP contribution < -0.4 is 5.32 Å². The molecular weight excluding hydrogens is 416 g/mol. The standard InChI is InChI=1S/C22H34N4O4S/c1-2-16-31(29,30)26-11-7-6-10-20(26)22(28)25-14-12-24(13-15-25)18-21(27)23-17-19-8-4-3-5-9-19/h3-5,8-9,20H,2,6-7,10-18H2,1H3,(H,23,27). The summed E-state index contributed by atoms with van der Waals surface area (Å²) in [5.41, 5.74) is 1.06. The lowest BCUT2D eigenvalue weighted by Gasteiger charge is -2.40. The second-order valence-electron chi connectivity index (χ2n) is 8.30. The van der Waals surface area contributed by atoms with Gasteiger partial charge >= 0.3 is 0 Å². The Balaban J connectivity index is 1.48. The van der Waals surface area contributed by atoms with Crippen molar-refractivity contribution in [2.75, 3.05) is 45.0 Å². The zero-order chi connectivity index (χ0) is 22.3. The van der Waals surface area contributed by atoms with Gasteiger partial charge in [0.25, 0.3) is 0 Å². The average Bonchev–Trinajstić information content (AvgIpc) is 2.78. The van der Waals surface area contributed by atoms with E-state index in [-0.39, 0.29) is 17.6 Å². The molecule has 2 aliphatic heterocycles. The predicted molar refractivity (Wildman–Crippen MR) is 120 cm³/mol. The monoisotopic (exact) mass is 450 g/mol. The normalized spacial score (nSPS) is 21.1. The maximum absolute atomic E-state index is 13.1. The first-order valence-corrected chi connectivity index (χ1v) is 12.8. The van der Waals surface area contributed by atoms with Crippen molar-refractivity contribution < 1.29 is 18.0 Å². The van der Waals surface area contributed by atoms with E-state index in [4.69, 9.17) is 0 Å². The number of carbonyl (C=O) groups is 2. The molecule has 2 aliphatic rings. The van der Waals surface area contributed by atoms with E-state index in [0.717, 1.165) is 18.4 Å². The average molecular weight is 451 g/mol. The number of nitrogens with one attached hydrogen (secondary N) is 1. The van der Waals surface area contributed by atoms with Crippen molar-refractivity contribution in [2.45, 2.75) is 45.2 Å². The molecule has 3 rings (SSSR count). The minimum absolute atomic E-state index is 0.0345. The van der Waals surface area contributed by atoms with Crippen LogP contribution in [0.4, 0.5) is 0 Å². The molecule has 0 saturated carbocycles. The summed E-state index contributed by atoms with van der Waals surface area (Å²) in [6.45, 7) is 5.33. The van der Waals surface area contributed by atoms with Crippen LogP contribution in [0.15, 0.2) is 30.3 Å². The first kappa shape index (κ1) is 23.7. The zero-order valence-corrected chi connectivity index (χ0v) is 19.1. The van der Waals surface area contributed by atoms with Crippen molar-refractivity contribution >= 4 is 21.8 Å². The summed E-state index contributed by atoms with van der Waals surface area (Å²) in [5, 5.41) is 2.93. The van der Waals surface area contributed by atoms with Crippen molar-refractivity contribution in [1.29, 1.82) is 0 Å². The number of piperazine rings is 1. The first-order chi connectivity index (χ1) is 14.9. The molecule has 2 saturated heterocycles. The number of nitrogens with zero attached hydrogens (tertiary/aromatic N) is 3. The van der Waals surface area contributed by atoms with Crippen LogP contribution in [0, 0.1) is 0 Å². The molecule has 0 aromatic heterocycles. The minimum Gasteiger partial charge on any atom is -0.351 e. The maximum Gasteiger partial charge on any atom is 0.241 e. The molecule has 1 aromatic rings. The Morgan fingerprint density at radius 3 is 2.42 bits per heavy atom. The van der Waals surface area contributed by atoms with Crippen molar-refractivity contribution in [3.05, 3.63) is 35.9 Å². The Kier molecular flexibility index (Phi) is 8.45. The fourth-order valence-electron chi connectivity index (χ4n) is 4.25. The Morgan fingerprint density at radius 1 is 1.03 bits per heavy atom. The number of hydrogen-bond acceptors (Lipinski definition) is 5. The van der Waals surface area contributed by atoms with E-state index in [1.165, 1.54) is 4.31 Å². The number of carbonyl (C=O) groups excluding carboxylic acids is 2. The number of amides is 2. The van der Waals surface area contributed by atoms with Gasteiger partial charge in [0.05, 0.1) is 12.3 Å². The quantitative estimate of drug-likeness (QED) is 0.639. The van der Waals surface area contributed by atoms with Crippen LogP contribution in [0.1, 0.15) is 38.2 Å². The van der Waals surface area contributed by atoms with E-state index in [1.54, 1.807) is 4.90 Å². The smallest absolute Gasteiger partial charge is 0.241 e. The zero-order valence-electron chi connectivity index (χ0n) is 18.3. The summed E-state index contributed by atoms with van der Waals surface area (Å²) >= 11 is 0. The molecule has 1 atom stereocenters. The summed E-state index contributed by atoms with van der Waals surface area (Å²) < 4.78 is 26.7. The molecule has 2 fully saturated rings. The molecule has 0 bridgehead atoms. The van der Waals surface area contributed by atoms with Gasteiger partial charge in [-0.15, -0.1) is 0 Å². The third-order valence-corrected chi connectivity index (χ3v) is 8.02. The molecule has 0 aliphatic carbocycles. The van der Waals surface area contributed by atoms with Crippen molar-refractivity contribution in [3.63, 3.8) is 0 Å². The SMILES string of the molecule is CCCS(=O)(=O)N1CCCCC1C(=O)N1CCN(CC(=O)NCc2ccccc2)CC1. The highest BCUT2D eigenvalue weighted by Gasteiger charge is 2.38. The van der Waals surface area contributed by atoms with Crippen LogP contribution in [0.2, 0.25) is 0 Å². The van der Waals surface area contributed by atoms with Crippen LogP contribution in [0.5, 0.6) is 0 Å². The lowest BCUT2D eigenvalue weighted by Crippen LogP contribution is -2.58. The predicted octanol–water partition coefficient (Wildman–Crippen LogP) is 1.04. The molecule has 1 N–H and O–H groups in total. The van der Waals surface area contributed by atoms with E-state index in [0.29, 0.717) is 58.7 Å². The number of piperidine rings is 1. The van der Waals surface area contributed by atoms with Crippen LogP contribution in [0.25, 0.3) is 0 Å². The van der Waals surface area contributed by atoms with E-state index in [2.05, 4.69) is 5.32 Å². The van der Waals surface area contributed by atoms with Crippen LogP contribution in [-0.2, 0) is 26.2 Å². The first-order valence-electron chi connectivity index (χ1n) is 11.2. The van der Waals surface area contributed by atoms with Crippen molar-refractivity contribution in [2.24, 2.45) is 0 Å². The summed E-state index contributed by atoms with van der Waals surface area (Å²) in [6.07, 6.45) is 2.81. The summed E-state index contributed by atoms with van der Waals surface area (Å²) in [4.78, 5) is 29.2. The fourth-order valence-corrected chi connectivity index (χ4v) is 5.99. The molecule has 0 spiro atoms. The Bertz CT molecular complexity index is 838. The van der Waals surface area contributed by atoms with E-state index in [1.807, 2.05) is 42.2 Å². The van der Waals surface area contributed by atoms with Gasteiger partial charge in [-0.1, -0.05) is 43.7 Å². The number of hydrogen-bond donors (Lipinski definition) is 1. The van der Waals surface area contributed by atoms with Gasteiger partial charge < -0.3 is 10.2 Å². The van der Waals surface area contributed by atoms with Gasteiger partial charge in [-0.05, 0) is 24.8 Å². The van der Waals surface area contributed by atoms with Gasteiger partial charge in [-0.2, -0.15) is 4.31 Å². The molecule has 1 aromatic carbocycles. The second-order valence-corrected chi connectivity index (χ2v) is 10.3. The largest absolute Gasteiger partial charge is 0.351 e. The van der Waals surface area contributed by atoms with Gasteiger partial charge in [0.2, 0.25) is 21.8 Å². The fraction of sp³-hybridized carbons (Fsp3) is 0.636. The molecule has 8 nitrogen and oxygen atoms in total.